The number of hydrogen-bond donors (Lipinski definition) is 0. The molecule has 0 bridgehead atoms. The maximum Gasteiger partial charge on any atom is 0.131 e. The van der Waals surface area contributed by atoms with Gasteiger partial charge in [0.1, 0.15) is 11.5 Å². The van der Waals surface area contributed by atoms with Crippen molar-refractivity contribution in [3.05, 3.63) is 581 Å². The van der Waals surface area contributed by atoms with Gasteiger partial charge in [0.25, 0.3) is 0 Å². The van der Waals surface area contributed by atoms with Crippen LogP contribution in [-0.2, 0) is 5.41 Å². The Morgan fingerprint density at radius 2 is 0.453 bits per heavy atom. The predicted octanol–water partition coefficient (Wildman–Crippen LogP) is 40.2. The van der Waals surface area contributed by atoms with Crippen molar-refractivity contribution in [3.63, 3.8) is 0 Å². The highest BCUT2D eigenvalue weighted by atomic mass is 16.5. The van der Waals surface area contributed by atoms with Crippen LogP contribution in [0.4, 0.5) is 51.2 Å². The molecule has 5 nitrogen and oxygen atoms in total. The summed E-state index contributed by atoms with van der Waals surface area (Å²) in [7, 11) is 0. The molecule has 26 aromatic carbocycles. The van der Waals surface area contributed by atoms with Gasteiger partial charge >= 0.3 is 0 Å². The van der Waals surface area contributed by atoms with Crippen LogP contribution in [-0.4, -0.2) is 4.57 Å². The van der Waals surface area contributed by atoms with E-state index in [2.05, 4.69) is 597 Å². The van der Waals surface area contributed by atoms with Gasteiger partial charge in [0, 0.05) is 78.2 Å². The lowest BCUT2D eigenvalue weighted by Crippen LogP contribution is -2.24. The molecule has 148 heavy (non-hydrogen) atoms. The summed E-state index contributed by atoms with van der Waals surface area (Å²) in [5, 5.41) is 22.5. The minimum absolute atomic E-state index is 0.217. The zero-order chi connectivity index (χ0) is 98.5. The number of hydrogen-bond acceptors (Lipinski definition) is 4. The van der Waals surface area contributed by atoms with Gasteiger partial charge in [-0.2, -0.15) is 0 Å². The lowest BCUT2D eigenvalue weighted by molar-refractivity contribution is 0.418. The molecule has 0 saturated carbocycles. The number of nitrogens with zero attached hydrogens (tertiary/aromatic N) is 4. The third kappa shape index (κ3) is 17.0. The maximum absolute atomic E-state index is 6.43. The van der Waals surface area contributed by atoms with Gasteiger partial charge in [-0.05, 0) is 317 Å². The second-order valence-electron chi connectivity index (χ2n) is 39.1. The molecule has 0 saturated heterocycles. The van der Waals surface area contributed by atoms with Gasteiger partial charge < -0.3 is 24.0 Å². The van der Waals surface area contributed by atoms with Crippen molar-refractivity contribution in [1.82, 2.24) is 4.57 Å². The fourth-order valence-electron chi connectivity index (χ4n) is 22.2. The number of rotatable bonds is 16. The van der Waals surface area contributed by atoms with E-state index < -0.39 is 0 Å². The van der Waals surface area contributed by atoms with Crippen LogP contribution in [0.25, 0.3) is 180 Å². The smallest absolute Gasteiger partial charge is 0.131 e. The van der Waals surface area contributed by atoms with Gasteiger partial charge in [0.05, 0.1) is 22.4 Å². The summed E-state index contributed by atoms with van der Waals surface area (Å²) in [6.45, 7) is 4.58. The summed E-state index contributed by atoms with van der Waals surface area (Å²) in [5.74, 6) is 1.84. The molecule has 0 radical (unpaired) electrons. The monoisotopic (exact) mass is 1890 g/mol. The number of para-hydroxylation sites is 3. The standard InChI is InChI=1S/C50H34N2.C47H35NO.C46H31N/c1-2-15-43(16-3-1)52-47-18-9-8-17-46(47)50-48(19-10-20-49(50)52)51(44-29-25-37(26-30-44)41-23-21-35-11-4-6-13-39(35)33-41)45-31-27-38(28-32-45)42-24-22-36-12-5-7-14-40(36)34-42;1-47(2)43-13-7-8-14-45(43)49-46-28-27-42(31-44(46)47)48(40-23-19-34(20-24-40)38-17-15-32-9-3-5-11-36(32)29-38)41-25-21-35(22-26-41)39-18-16-33-10-4-6-12-37(33)30-39;1-3-11-36-29-38(19-17-32(36)9-1)34-21-25-41(26-22-34)47(46-31-40-13-5-6-14-43(40)44-15-7-8-16-45(44)46)42-27-23-35(24-28-42)39-20-18-33-10-2-4-12-37(33)30-39/h1-34H;3-31H,1-2H3;1-31H. The third-order valence-corrected chi connectivity index (χ3v) is 29.8. The highest BCUT2D eigenvalue weighted by Crippen LogP contribution is 2.53. The quantitative estimate of drug-likeness (QED) is 0.0900. The number of fused-ring (bicyclic) bond motifs is 14. The average Bonchev–Trinajstić information content (AvgIpc) is 1.48. The first-order valence-corrected chi connectivity index (χ1v) is 50.9. The zero-order valence-corrected chi connectivity index (χ0v) is 82.0. The molecule has 698 valence electrons. The van der Waals surface area contributed by atoms with Crippen LogP contribution in [0.15, 0.2) is 570 Å². The van der Waals surface area contributed by atoms with Crippen LogP contribution in [0, 0.1) is 0 Å². The van der Waals surface area contributed by atoms with Crippen molar-refractivity contribution < 1.29 is 4.74 Å². The minimum atomic E-state index is -0.217. The fourth-order valence-corrected chi connectivity index (χ4v) is 22.2. The molecule has 0 spiro atoms. The van der Waals surface area contributed by atoms with Crippen LogP contribution < -0.4 is 19.4 Å². The van der Waals surface area contributed by atoms with Gasteiger partial charge in [-0.3, -0.25) is 0 Å². The lowest BCUT2D eigenvalue weighted by Gasteiger charge is -2.36. The lowest BCUT2D eigenvalue weighted by atomic mass is 9.75. The molecular weight excluding hydrogens is 1790 g/mol. The summed E-state index contributed by atoms with van der Waals surface area (Å²) in [4.78, 5) is 7.17. The highest BCUT2D eigenvalue weighted by Gasteiger charge is 2.35. The first-order valence-electron chi connectivity index (χ1n) is 50.9. The first kappa shape index (κ1) is 88.9. The van der Waals surface area contributed by atoms with E-state index in [1.54, 1.807) is 0 Å². The van der Waals surface area contributed by atoms with E-state index in [9.17, 15) is 0 Å². The van der Waals surface area contributed by atoms with Crippen molar-refractivity contribution >= 4 is 159 Å². The number of ether oxygens (including phenoxy) is 1. The molecular formula is C143H100N4O. The van der Waals surface area contributed by atoms with E-state index in [4.69, 9.17) is 4.74 Å². The summed E-state index contributed by atoms with van der Waals surface area (Å²) >= 11 is 0. The van der Waals surface area contributed by atoms with Crippen LogP contribution in [0.5, 0.6) is 11.5 Å². The van der Waals surface area contributed by atoms with Gasteiger partial charge in [0.2, 0.25) is 0 Å². The molecule has 1 aromatic heterocycles. The molecule has 2 heterocycles. The van der Waals surface area contributed by atoms with Crippen molar-refractivity contribution in [1.29, 1.82) is 0 Å². The van der Waals surface area contributed by atoms with E-state index in [1.165, 1.54) is 186 Å². The van der Waals surface area contributed by atoms with Gasteiger partial charge in [-0.1, -0.05) is 414 Å². The fraction of sp³-hybridized carbons (Fsp3) is 0.0210. The molecule has 0 aliphatic carbocycles. The highest BCUT2D eigenvalue weighted by molar-refractivity contribution is 6.18. The second-order valence-corrected chi connectivity index (χ2v) is 39.1. The van der Waals surface area contributed by atoms with E-state index in [-0.39, 0.29) is 5.41 Å². The summed E-state index contributed by atoms with van der Waals surface area (Å²) in [5.41, 5.74) is 30.2. The van der Waals surface area contributed by atoms with Crippen molar-refractivity contribution in [2.45, 2.75) is 19.3 Å². The van der Waals surface area contributed by atoms with Gasteiger partial charge in [-0.15, -0.1) is 0 Å². The Bertz CT molecular complexity index is 9340. The summed E-state index contributed by atoms with van der Waals surface area (Å²) < 4.78 is 8.82. The minimum Gasteiger partial charge on any atom is -0.457 e. The zero-order valence-electron chi connectivity index (χ0n) is 82.0. The van der Waals surface area contributed by atoms with Gasteiger partial charge in [0.15, 0.2) is 0 Å². The maximum atomic E-state index is 6.43. The van der Waals surface area contributed by atoms with Crippen molar-refractivity contribution in [2.24, 2.45) is 0 Å². The van der Waals surface area contributed by atoms with Crippen LogP contribution >= 0.6 is 0 Å². The normalized spacial score (nSPS) is 12.0. The molecule has 0 unspecified atom stereocenters. The Hall–Kier alpha value is -19.2. The van der Waals surface area contributed by atoms with E-state index in [1.807, 2.05) is 6.07 Å². The third-order valence-electron chi connectivity index (χ3n) is 29.8. The topological polar surface area (TPSA) is 23.9 Å². The first-order chi connectivity index (χ1) is 73.1. The summed E-state index contributed by atoms with van der Waals surface area (Å²) in [6, 6.07) is 206. The van der Waals surface area contributed by atoms with Gasteiger partial charge in [-0.25, -0.2) is 0 Å². The Kier molecular flexibility index (Phi) is 23.0. The molecule has 1 aliphatic heterocycles. The van der Waals surface area contributed by atoms with Crippen LogP contribution in [0.2, 0.25) is 0 Å². The Morgan fingerprint density at radius 3 is 0.845 bits per heavy atom. The average molecular weight is 1890 g/mol. The summed E-state index contributed by atoms with van der Waals surface area (Å²) in [6.07, 6.45) is 0. The molecule has 0 fully saturated rings. The van der Waals surface area contributed by atoms with E-state index in [0.717, 1.165) is 68.4 Å². The van der Waals surface area contributed by atoms with E-state index >= 15 is 0 Å². The molecule has 0 N–H and O–H groups in total. The molecule has 1 aliphatic rings. The number of aromatic nitrogens is 1. The largest absolute Gasteiger partial charge is 0.457 e. The molecule has 27 aromatic rings. The van der Waals surface area contributed by atoms with Crippen LogP contribution in [0.3, 0.4) is 0 Å². The van der Waals surface area contributed by atoms with E-state index in [0.29, 0.717) is 0 Å². The van der Waals surface area contributed by atoms with Crippen molar-refractivity contribution in [2.75, 3.05) is 14.7 Å². The SMILES string of the molecule is CC1(C)c2ccccc2Oc2ccc(N(c3ccc(-c4ccc5ccccc5c4)cc3)c3ccc(-c4ccc5ccccc5c4)cc3)cc21.c1ccc(-n2c3ccccc3c3c(N(c4ccc(-c5ccc6ccccc6c5)cc4)c4ccc(-c5ccc6ccccc6c5)cc4)cccc32)cc1.c1ccc2cc(-c3ccc(N(c4ccc(-c5ccc6ccccc6c5)cc4)c4cc5ccccc5c5ccccc45)cc3)ccc2c1. The second kappa shape index (κ2) is 38.2. The molecule has 5 heteroatoms. The number of benzene rings is 26. The Labute approximate surface area is 861 Å². The van der Waals surface area contributed by atoms with Crippen molar-refractivity contribution in [3.8, 4) is 83.9 Å². The molecule has 28 rings (SSSR count). The predicted molar refractivity (Wildman–Crippen MR) is 629 cm³/mol. The number of anilines is 9. The van der Waals surface area contributed by atoms with Crippen LogP contribution in [0.1, 0.15) is 25.0 Å². The molecule has 0 amide bonds. The Balaban J connectivity index is 0.000000112. The Morgan fingerprint density at radius 1 is 0.169 bits per heavy atom. The molecule has 0 atom stereocenters.